The summed E-state index contributed by atoms with van der Waals surface area (Å²) in [5, 5.41) is 0. The smallest absolute Gasteiger partial charge is 0.463 e. The van der Waals surface area contributed by atoms with Crippen molar-refractivity contribution in [2.24, 2.45) is 0 Å². The first-order valence-corrected chi connectivity index (χ1v) is 6.05. The van der Waals surface area contributed by atoms with E-state index in [1.165, 1.54) is 6.08 Å². The van der Waals surface area contributed by atoms with Crippen LogP contribution in [0.1, 0.15) is 41.0 Å². The molecular weight excluding hydrogens is 219 g/mol. The van der Waals surface area contributed by atoms with Crippen molar-refractivity contribution in [2.45, 2.75) is 52.2 Å². The van der Waals surface area contributed by atoms with Gasteiger partial charge in [-0.15, -0.1) is 0 Å². The molecule has 17 heavy (non-hydrogen) atoms. The molecular formula is C12H21BO4. The first kappa shape index (κ1) is 14.3. The Morgan fingerprint density at radius 1 is 1.29 bits per heavy atom. The summed E-state index contributed by atoms with van der Waals surface area (Å²) in [5.41, 5.74) is -0.706. The van der Waals surface area contributed by atoms with Gasteiger partial charge in [-0.05, 0) is 40.1 Å². The zero-order valence-electron chi connectivity index (χ0n) is 11.3. The van der Waals surface area contributed by atoms with Crippen LogP contribution < -0.4 is 0 Å². The van der Waals surface area contributed by atoms with E-state index in [1.807, 2.05) is 20.8 Å². The molecule has 96 valence electrons. The van der Waals surface area contributed by atoms with Crippen LogP contribution in [-0.2, 0) is 18.8 Å². The highest BCUT2D eigenvalue weighted by Crippen LogP contribution is 2.39. The van der Waals surface area contributed by atoms with Crippen LogP contribution in [0.15, 0.2) is 12.1 Å². The second-order valence-corrected chi connectivity index (χ2v) is 4.81. The minimum atomic E-state index is -0.487. The van der Waals surface area contributed by atoms with E-state index in [9.17, 15) is 4.79 Å². The van der Waals surface area contributed by atoms with Crippen LogP contribution in [0.3, 0.4) is 0 Å². The molecule has 0 aromatic heterocycles. The van der Waals surface area contributed by atoms with Crippen molar-refractivity contribution in [3.63, 3.8) is 0 Å². The molecule has 1 rings (SSSR count). The Bertz CT molecular complexity index is 314. The number of carbonyl (C=O) groups is 1. The minimum Gasteiger partial charge on any atom is -0.463 e. The molecule has 1 aliphatic heterocycles. The molecule has 0 spiro atoms. The van der Waals surface area contributed by atoms with Crippen molar-refractivity contribution in [2.75, 3.05) is 6.61 Å². The zero-order valence-corrected chi connectivity index (χ0v) is 11.3. The van der Waals surface area contributed by atoms with Gasteiger partial charge in [0.2, 0.25) is 0 Å². The van der Waals surface area contributed by atoms with Crippen molar-refractivity contribution in [1.82, 2.24) is 0 Å². The van der Waals surface area contributed by atoms with E-state index < -0.39 is 7.12 Å². The van der Waals surface area contributed by atoms with Gasteiger partial charge in [0.25, 0.3) is 0 Å². The predicted molar refractivity (Wildman–Crippen MR) is 66.5 cm³/mol. The Morgan fingerprint density at radius 2 is 1.94 bits per heavy atom. The van der Waals surface area contributed by atoms with Crippen molar-refractivity contribution in [3.8, 4) is 0 Å². The fraction of sp³-hybridized carbons (Fsp3) is 0.750. The molecule has 0 aromatic carbocycles. The normalized spacial score (nSPS) is 27.7. The summed E-state index contributed by atoms with van der Waals surface area (Å²) >= 11 is 0. The summed E-state index contributed by atoms with van der Waals surface area (Å²) in [7, 11) is -0.487. The second-order valence-electron chi connectivity index (χ2n) is 4.81. The predicted octanol–water partition coefficient (Wildman–Crippen LogP) is 2.13. The van der Waals surface area contributed by atoms with Gasteiger partial charge in [0.1, 0.15) is 0 Å². The van der Waals surface area contributed by atoms with E-state index in [2.05, 4.69) is 6.92 Å². The molecule has 0 radical (unpaired) electrons. The number of rotatable bonds is 4. The standard InChI is InChI=1S/C12H21BO4/c1-6-12(5)11(3,4)16-13(17-12)9-8-10(14)15-7-2/h8-9H,6-7H2,1-5H3. The SMILES string of the molecule is CCOC(=O)C=CB1OC(C)(C)C(C)(CC)O1. The van der Waals surface area contributed by atoms with Gasteiger partial charge in [-0.3, -0.25) is 0 Å². The van der Waals surface area contributed by atoms with Crippen LogP contribution in [0.4, 0.5) is 0 Å². The molecule has 0 amide bonds. The van der Waals surface area contributed by atoms with Gasteiger partial charge in [0.05, 0.1) is 17.8 Å². The fourth-order valence-corrected chi connectivity index (χ4v) is 1.77. The Morgan fingerprint density at radius 3 is 2.41 bits per heavy atom. The minimum absolute atomic E-state index is 0.337. The van der Waals surface area contributed by atoms with Crippen molar-refractivity contribution in [1.29, 1.82) is 0 Å². The fourth-order valence-electron chi connectivity index (χ4n) is 1.77. The van der Waals surface area contributed by atoms with Crippen LogP contribution in [-0.4, -0.2) is 30.9 Å². The number of ether oxygens (including phenoxy) is 1. The van der Waals surface area contributed by atoms with Crippen LogP contribution in [0.5, 0.6) is 0 Å². The lowest BCUT2D eigenvalue weighted by atomic mass is 9.86. The van der Waals surface area contributed by atoms with Gasteiger partial charge in [-0.25, -0.2) is 4.79 Å². The van der Waals surface area contributed by atoms with Crippen LogP contribution in [0.2, 0.25) is 0 Å². The number of carbonyl (C=O) groups excluding carboxylic acids is 1. The van der Waals surface area contributed by atoms with Crippen LogP contribution in [0.25, 0.3) is 0 Å². The molecule has 1 saturated heterocycles. The first-order chi connectivity index (χ1) is 7.84. The van der Waals surface area contributed by atoms with E-state index in [1.54, 1.807) is 12.9 Å². The van der Waals surface area contributed by atoms with Gasteiger partial charge in [-0.1, -0.05) is 6.92 Å². The Balaban J connectivity index is 2.63. The first-order valence-electron chi connectivity index (χ1n) is 6.05. The van der Waals surface area contributed by atoms with Crippen molar-refractivity contribution in [3.05, 3.63) is 12.1 Å². The zero-order chi connectivity index (χ0) is 13.1. The lowest BCUT2D eigenvalue weighted by Gasteiger charge is -2.35. The maximum Gasteiger partial charge on any atom is 0.487 e. The lowest BCUT2D eigenvalue weighted by molar-refractivity contribution is -0.137. The van der Waals surface area contributed by atoms with Gasteiger partial charge in [0.15, 0.2) is 0 Å². The van der Waals surface area contributed by atoms with Gasteiger partial charge in [-0.2, -0.15) is 0 Å². The molecule has 0 bridgehead atoms. The highest BCUT2D eigenvalue weighted by molar-refractivity contribution is 6.52. The largest absolute Gasteiger partial charge is 0.487 e. The molecule has 1 aliphatic rings. The third kappa shape index (κ3) is 3.10. The summed E-state index contributed by atoms with van der Waals surface area (Å²) in [6, 6.07) is 0. The van der Waals surface area contributed by atoms with Gasteiger partial charge in [0, 0.05) is 6.08 Å². The second kappa shape index (κ2) is 5.23. The van der Waals surface area contributed by atoms with Gasteiger partial charge < -0.3 is 14.0 Å². The van der Waals surface area contributed by atoms with Crippen LogP contribution >= 0.6 is 0 Å². The third-order valence-corrected chi connectivity index (χ3v) is 3.41. The average molecular weight is 240 g/mol. The molecule has 0 N–H and O–H groups in total. The van der Waals surface area contributed by atoms with Crippen LogP contribution in [0, 0.1) is 0 Å². The maximum absolute atomic E-state index is 11.2. The Labute approximate surface area is 103 Å². The number of hydrogen-bond acceptors (Lipinski definition) is 4. The molecule has 1 unspecified atom stereocenters. The van der Waals surface area contributed by atoms with Gasteiger partial charge >= 0.3 is 13.1 Å². The van der Waals surface area contributed by atoms with Crippen molar-refractivity contribution < 1.29 is 18.8 Å². The number of esters is 1. The van der Waals surface area contributed by atoms with E-state index in [4.69, 9.17) is 14.0 Å². The summed E-state index contributed by atoms with van der Waals surface area (Å²) in [5.74, 6) is 1.23. The monoisotopic (exact) mass is 240 g/mol. The highest BCUT2D eigenvalue weighted by Gasteiger charge is 2.51. The lowest BCUT2D eigenvalue weighted by Crippen LogP contribution is -2.44. The topological polar surface area (TPSA) is 44.8 Å². The molecule has 4 nitrogen and oxygen atoms in total. The third-order valence-electron chi connectivity index (χ3n) is 3.41. The molecule has 0 aliphatic carbocycles. The molecule has 0 aromatic rings. The van der Waals surface area contributed by atoms with Crippen molar-refractivity contribution >= 4 is 13.1 Å². The molecule has 1 atom stereocenters. The van der Waals surface area contributed by atoms with E-state index in [-0.39, 0.29) is 17.2 Å². The highest BCUT2D eigenvalue weighted by atomic mass is 16.7. The summed E-state index contributed by atoms with van der Waals surface area (Å²) < 4.78 is 16.4. The van der Waals surface area contributed by atoms with E-state index in [0.717, 1.165) is 6.42 Å². The molecule has 1 fully saturated rings. The average Bonchev–Trinajstić information content (AvgIpc) is 2.48. The van der Waals surface area contributed by atoms with E-state index >= 15 is 0 Å². The quantitative estimate of drug-likeness (QED) is 0.429. The summed E-state index contributed by atoms with van der Waals surface area (Å²) in [6.07, 6.45) is 2.20. The summed E-state index contributed by atoms with van der Waals surface area (Å²) in [6.45, 7) is 10.2. The summed E-state index contributed by atoms with van der Waals surface area (Å²) in [4.78, 5) is 11.2. The molecule has 1 heterocycles. The maximum atomic E-state index is 11.2. The van der Waals surface area contributed by atoms with E-state index in [0.29, 0.717) is 6.61 Å². The Kier molecular flexibility index (Phi) is 4.39. The molecule has 0 saturated carbocycles. The molecule has 5 heteroatoms. The number of hydrogen-bond donors (Lipinski definition) is 0. The Hall–Kier alpha value is -0.805.